The van der Waals surface area contributed by atoms with Crippen LogP contribution in [0.3, 0.4) is 0 Å². The highest BCUT2D eigenvalue weighted by molar-refractivity contribution is 6.30. The first-order chi connectivity index (χ1) is 17.2. The van der Waals surface area contributed by atoms with Crippen LogP contribution in [0.1, 0.15) is 79.8 Å². The minimum absolute atomic E-state index is 0.457. The SMILES string of the molecule is C=C(/C=C\c1ccc(Cl)cc1C(C)CC)/C=C/c1cccc(CCCc2ccccc2C(C)(C)O)c1. The van der Waals surface area contributed by atoms with Crippen molar-refractivity contribution < 1.29 is 5.11 Å². The van der Waals surface area contributed by atoms with Crippen LogP contribution >= 0.6 is 11.6 Å². The van der Waals surface area contributed by atoms with Crippen LogP contribution in [0.15, 0.2) is 91.0 Å². The fraction of sp³-hybridized carbons (Fsp3) is 0.294. The topological polar surface area (TPSA) is 20.2 Å². The number of allylic oxidation sites excluding steroid dienone is 3. The molecule has 3 aromatic carbocycles. The van der Waals surface area contributed by atoms with Crippen LogP contribution in [0.5, 0.6) is 0 Å². The zero-order valence-corrected chi connectivity index (χ0v) is 22.9. The van der Waals surface area contributed by atoms with Crippen molar-refractivity contribution in [2.75, 3.05) is 0 Å². The lowest BCUT2D eigenvalue weighted by atomic mass is 9.90. The maximum Gasteiger partial charge on any atom is 0.0843 e. The first-order valence-electron chi connectivity index (χ1n) is 12.9. The van der Waals surface area contributed by atoms with Gasteiger partial charge in [0.1, 0.15) is 0 Å². The molecule has 0 aromatic heterocycles. The smallest absolute Gasteiger partial charge is 0.0843 e. The van der Waals surface area contributed by atoms with Gasteiger partial charge < -0.3 is 5.11 Å². The second kappa shape index (κ2) is 12.9. The molecule has 0 saturated heterocycles. The molecule has 0 heterocycles. The van der Waals surface area contributed by atoms with Gasteiger partial charge in [-0.25, -0.2) is 0 Å². The van der Waals surface area contributed by atoms with Gasteiger partial charge in [0.2, 0.25) is 0 Å². The highest BCUT2D eigenvalue weighted by Gasteiger charge is 2.18. The second-order valence-electron chi connectivity index (χ2n) is 10.1. The van der Waals surface area contributed by atoms with Crippen molar-refractivity contribution in [2.45, 2.75) is 64.9 Å². The van der Waals surface area contributed by atoms with Crippen molar-refractivity contribution in [3.63, 3.8) is 0 Å². The Morgan fingerprint density at radius 3 is 2.47 bits per heavy atom. The van der Waals surface area contributed by atoms with Gasteiger partial charge in [0.15, 0.2) is 0 Å². The lowest BCUT2D eigenvalue weighted by Crippen LogP contribution is -2.18. The van der Waals surface area contributed by atoms with Crippen LogP contribution in [0.2, 0.25) is 5.02 Å². The summed E-state index contributed by atoms with van der Waals surface area (Å²) in [6.07, 6.45) is 12.4. The number of benzene rings is 3. The molecule has 1 nitrogen and oxygen atoms in total. The average Bonchev–Trinajstić information content (AvgIpc) is 2.86. The fourth-order valence-electron chi connectivity index (χ4n) is 4.47. The minimum Gasteiger partial charge on any atom is -0.386 e. The van der Waals surface area contributed by atoms with E-state index in [0.717, 1.165) is 41.8 Å². The fourth-order valence-corrected chi connectivity index (χ4v) is 4.65. The van der Waals surface area contributed by atoms with Gasteiger partial charge in [-0.1, -0.05) is 111 Å². The van der Waals surface area contributed by atoms with Crippen molar-refractivity contribution in [1.82, 2.24) is 0 Å². The molecule has 3 aromatic rings. The molecule has 0 amide bonds. The summed E-state index contributed by atoms with van der Waals surface area (Å²) >= 11 is 6.24. The molecular formula is C34H39ClO. The second-order valence-corrected chi connectivity index (χ2v) is 10.6. The number of rotatable bonds is 11. The molecule has 36 heavy (non-hydrogen) atoms. The number of halogens is 1. The molecule has 1 atom stereocenters. The number of aliphatic hydroxyl groups is 1. The largest absolute Gasteiger partial charge is 0.386 e. The van der Waals surface area contributed by atoms with Crippen LogP contribution in [0.25, 0.3) is 12.2 Å². The van der Waals surface area contributed by atoms with E-state index >= 15 is 0 Å². The van der Waals surface area contributed by atoms with E-state index in [2.05, 4.69) is 93.3 Å². The Bertz CT molecular complexity index is 1230. The summed E-state index contributed by atoms with van der Waals surface area (Å²) in [7, 11) is 0. The Morgan fingerprint density at radius 1 is 0.972 bits per heavy atom. The summed E-state index contributed by atoms with van der Waals surface area (Å²) in [5, 5.41) is 11.2. The Kier molecular flexibility index (Phi) is 9.93. The zero-order valence-electron chi connectivity index (χ0n) is 22.1. The van der Waals surface area contributed by atoms with E-state index in [0.29, 0.717) is 5.92 Å². The lowest BCUT2D eigenvalue weighted by molar-refractivity contribution is 0.0776. The Hall–Kier alpha value is -2.87. The van der Waals surface area contributed by atoms with Gasteiger partial charge in [0.05, 0.1) is 5.60 Å². The van der Waals surface area contributed by atoms with E-state index < -0.39 is 5.60 Å². The molecule has 0 aliphatic rings. The summed E-state index contributed by atoms with van der Waals surface area (Å²) in [6.45, 7) is 12.3. The molecule has 0 aliphatic carbocycles. The predicted molar refractivity (Wildman–Crippen MR) is 158 cm³/mol. The average molecular weight is 499 g/mol. The number of hydrogen-bond donors (Lipinski definition) is 1. The molecule has 188 valence electrons. The van der Waals surface area contributed by atoms with E-state index in [1.54, 1.807) is 0 Å². The van der Waals surface area contributed by atoms with Crippen molar-refractivity contribution in [1.29, 1.82) is 0 Å². The molecule has 0 saturated carbocycles. The predicted octanol–water partition coefficient (Wildman–Crippen LogP) is 9.54. The Balaban J connectivity index is 1.61. The molecule has 3 rings (SSSR count). The minimum atomic E-state index is -0.818. The van der Waals surface area contributed by atoms with Gasteiger partial charge in [0, 0.05) is 5.02 Å². The van der Waals surface area contributed by atoms with Crippen molar-refractivity contribution in [3.8, 4) is 0 Å². The van der Waals surface area contributed by atoms with Crippen molar-refractivity contribution in [2.24, 2.45) is 0 Å². The Labute approximate surface area is 222 Å². The van der Waals surface area contributed by atoms with E-state index in [1.165, 1.54) is 27.8 Å². The third kappa shape index (κ3) is 8.08. The molecule has 1 N–H and O–H groups in total. The molecule has 0 radical (unpaired) electrons. The van der Waals surface area contributed by atoms with Crippen LogP contribution in [-0.2, 0) is 18.4 Å². The van der Waals surface area contributed by atoms with Crippen LogP contribution in [0, 0.1) is 0 Å². The molecule has 0 spiro atoms. The maximum absolute atomic E-state index is 10.5. The van der Waals surface area contributed by atoms with Gasteiger partial charge >= 0.3 is 0 Å². The van der Waals surface area contributed by atoms with E-state index in [-0.39, 0.29) is 0 Å². The summed E-state index contributed by atoms with van der Waals surface area (Å²) in [6, 6.07) is 23.0. The highest BCUT2D eigenvalue weighted by Crippen LogP contribution is 2.28. The quantitative estimate of drug-likeness (QED) is 0.261. The first kappa shape index (κ1) is 27.7. The molecule has 2 heteroatoms. The van der Waals surface area contributed by atoms with E-state index in [9.17, 15) is 5.11 Å². The normalized spacial score (nSPS) is 12.9. The monoisotopic (exact) mass is 498 g/mol. The molecule has 1 unspecified atom stereocenters. The Morgan fingerprint density at radius 2 is 1.72 bits per heavy atom. The lowest BCUT2D eigenvalue weighted by Gasteiger charge is -2.21. The van der Waals surface area contributed by atoms with Crippen molar-refractivity contribution in [3.05, 3.63) is 129 Å². The number of aryl methyl sites for hydroxylation is 2. The maximum atomic E-state index is 10.5. The molecule has 0 fully saturated rings. The van der Waals surface area contributed by atoms with Gasteiger partial charge in [-0.3, -0.25) is 0 Å². The zero-order chi connectivity index (χ0) is 26.1. The summed E-state index contributed by atoms with van der Waals surface area (Å²) in [5.74, 6) is 0.457. The molecule has 0 bridgehead atoms. The van der Waals surface area contributed by atoms with Gasteiger partial charge in [-0.2, -0.15) is 0 Å². The van der Waals surface area contributed by atoms with Crippen molar-refractivity contribution >= 4 is 23.8 Å². The van der Waals surface area contributed by atoms with Gasteiger partial charge in [0.25, 0.3) is 0 Å². The number of hydrogen-bond acceptors (Lipinski definition) is 1. The van der Waals surface area contributed by atoms with Crippen LogP contribution < -0.4 is 0 Å². The van der Waals surface area contributed by atoms with Gasteiger partial charge in [-0.15, -0.1) is 0 Å². The third-order valence-electron chi connectivity index (χ3n) is 6.70. The summed E-state index contributed by atoms with van der Waals surface area (Å²) in [5.41, 5.74) is 7.33. The summed E-state index contributed by atoms with van der Waals surface area (Å²) < 4.78 is 0. The third-order valence-corrected chi connectivity index (χ3v) is 6.93. The van der Waals surface area contributed by atoms with Crippen LogP contribution in [0.4, 0.5) is 0 Å². The van der Waals surface area contributed by atoms with E-state index in [4.69, 9.17) is 11.6 Å². The molecular weight excluding hydrogens is 460 g/mol. The van der Waals surface area contributed by atoms with E-state index in [1.807, 2.05) is 32.0 Å². The standard InChI is InChI=1S/C34H39ClO/c1-6-26(3)32-24-31(35)22-21-29(32)20-18-25(2)17-19-28-12-9-11-27(23-28)13-10-15-30-14-7-8-16-33(30)34(4,5)36/h7-9,11-12,14,16-24,26,36H,2,6,10,13,15H2,1,3-5H3/b19-17+,20-18-. The van der Waals surface area contributed by atoms with Gasteiger partial charge in [-0.05, 0) is 96.5 Å². The van der Waals surface area contributed by atoms with Crippen LogP contribution in [-0.4, -0.2) is 5.11 Å². The highest BCUT2D eigenvalue weighted by atomic mass is 35.5. The summed E-state index contributed by atoms with van der Waals surface area (Å²) in [4.78, 5) is 0. The first-order valence-corrected chi connectivity index (χ1v) is 13.3. The molecule has 0 aliphatic heterocycles.